The molecule has 4 aliphatic carbocycles. The Morgan fingerprint density at radius 3 is 1.21 bits per heavy atom. The summed E-state index contributed by atoms with van der Waals surface area (Å²) in [5, 5.41) is 0. The summed E-state index contributed by atoms with van der Waals surface area (Å²) in [6.45, 7) is 5.94. The highest BCUT2D eigenvalue weighted by atomic mass is 14.6. The zero-order valence-electron chi connectivity index (χ0n) is 12.3. The Hall–Kier alpha value is -1.32. The van der Waals surface area contributed by atoms with Crippen LogP contribution in [0.25, 0.3) is 0 Å². The van der Waals surface area contributed by atoms with Crippen LogP contribution in [-0.4, -0.2) is 0 Å². The van der Waals surface area contributed by atoms with Gasteiger partial charge in [-0.1, -0.05) is 17.8 Å². The molecule has 4 aliphatic rings. The van der Waals surface area contributed by atoms with Gasteiger partial charge in [-0.2, -0.15) is 0 Å². The third kappa shape index (κ3) is 1.88. The molecule has 0 radical (unpaired) electrons. The van der Waals surface area contributed by atoms with Gasteiger partial charge in [0.25, 0.3) is 0 Å². The summed E-state index contributed by atoms with van der Waals surface area (Å²) in [5.74, 6) is 21.1. The lowest BCUT2D eigenvalue weighted by molar-refractivity contribution is -0.0837. The van der Waals surface area contributed by atoms with Crippen molar-refractivity contribution in [2.24, 2.45) is 22.2 Å². The molecule has 0 atom stereocenters. The highest BCUT2D eigenvalue weighted by Gasteiger charge is 2.62. The molecule has 0 aromatic heterocycles. The average Bonchev–Trinajstić information content (AvgIpc) is 2.26. The highest BCUT2D eigenvalue weighted by Crippen LogP contribution is 2.69. The Bertz CT molecular complexity index is 481. The molecule has 4 saturated carbocycles. The fourth-order valence-corrected chi connectivity index (χ4v) is 5.65. The van der Waals surface area contributed by atoms with E-state index in [-0.39, 0.29) is 16.2 Å². The van der Waals surface area contributed by atoms with Crippen LogP contribution < -0.4 is 0 Å². The summed E-state index contributed by atoms with van der Waals surface area (Å²) in [6.07, 6.45) is 7.42. The molecule has 0 heterocycles. The quantitative estimate of drug-likeness (QED) is 0.570. The maximum atomic E-state index is 3.57. The molecule has 4 bridgehead atoms. The fraction of sp³-hybridized carbons (Fsp3) is 0.684. The predicted octanol–water partition coefficient (Wildman–Crippen LogP) is 4.01. The zero-order chi connectivity index (χ0) is 13.6. The van der Waals surface area contributed by atoms with E-state index in [2.05, 4.69) is 35.5 Å². The minimum Gasteiger partial charge on any atom is -0.106 e. The van der Waals surface area contributed by atoms with Gasteiger partial charge in [0.2, 0.25) is 0 Å². The molecule has 0 spiro atoms. The Morgan fingerprint density at radius 2 is 0.947 bits per heavy atom. The van der Waals surface area contributed by atoms with Gasteiger partial charge < -0.3 is 0 Å². The Kier molecular flexibility index (Phi) is 2.73. The van der Waals surface area contributed by atoms with Gasteiger partial charge in [-0.05, 0) is 65.2 Å². The largest absolute Gasteiger partial charge is 0.106 e. The zero-order valence-corrected chi connectivity index (χ0v) is 12.3. The van der Waals surface area contributed by atoms with E-state index in [1.165, 1.54) is 38.5 Å². The molecular weight excluding hydrogens is 228 g/mol. The van der Waals surface area contributed by atoms with E-state index in [0.29, 0.717) is 0 Å². The summed E-state index contributed by atoms with van der Waals surface area (Å²) >= 11 is 0. The van der Waals surface area contributed by atoms with Crippen molar-refractivity contribution in [1.82, 2.24) is 0 Å². The number of rotatable bonds is 0. The first kappa shape index (κ1) is 12.7. The van der Waals surface area contributed by atoms with E-state index in [0.717, 1.165) is 5.92 Å². The molecular formula is C19H22. The second kappa shape index (κ2) is 4.09. The monoisotopic (exact) mass is 250 g/mol. The van der Waals surface area contributed by atoms with Crippen LogP contribution in [0.15, 0.2) is 0 Å². The highest BCUT2D eigenvalue weighted by molar-refractivity contribution is 5.33. The minimum atomic E-state index is 0.210. The SMILES string of the molecule is CC#CC12CC3CC(C#CC)(C1)CC(C#CC)(C3)C2. The van der Waals surface area contributed by atoms with Crippen LogP contribution in [0.4, 0.5) is 0 Å². The van der Waals surface area contributed by atoms with Crippen molar-refractivity contribution < 1.29 is 0 Å². The van der Waals surface area contributed by atoms with Crippen molar-refractivity contribution in [2.75, 3.05) is 0 Å². The smallest absolute Gasteiger partial charge is 0.0346 e. The minimum absolute atomic E-state index is 0.210. The van der Waals surface area contributed by atoms with Crippen molar-refractivity contribution in [3.05, 3.63) is 0 Å². The number of hydrogen-bond acceptors (Lipinski definition) is 0. The van der Waals surface area contributed by atoms with E-state index >= 15 is 0 Å². The van der Waals surface area contributed by atoms with Gasteiger partial charge in [0.05, 0.1) is 0 Å². The van der Waals surface area contributed by atoms with Gasteiger partial charge in [0.1, 0.15) is 0 Å². The molecule has 19 heavy (non-hydrogen) atoms. The summed E-state index contributed by atoms with van der Waals surface area (Å²) in [5.41, 5.74) is 0.631. The average molecular weight is 250 g/mol. The molecule has 0 amide bonds. The molecule has 0 aromatic carbocycles. The normalized spacial score (nSPS) is 45.3. The molecule has 4 fully saturated rings. The summed E-state index contributed by atoms with van der Waals surface area (Å²) in [4.78, 5) is 0. The van der Waals surface area contributed by atoms with Crippen molar-refractivity contribution in [1.29, 1.82) is 0 Å². The topological polar surface area (TPSA) is 0 Å². The second-order valence-corrected chi connectivity index (χ2v) is 6.97. The van der Waals surface area contributed by atoms with Crippen LogP contribution >= 0.6 is 0 Å². The van der Waals surface area contributed by atoms with Crippen LogP contribution in [-0.2, 0) is 0 Å². The van der Waals surface area contributed by atoms with Gasteiger partial charge in [0, 0.05) is 16.2 Å². The van der Waals surface area contributed by atoms with E-state index in [4.69, 9.17) is 0 Å². The first-order chi connectivity index (χ1) is 9.09. The Labute approximate surface area is 117 Å². The lowest BCUT2D eigenvalue weighted by atomic mass is 9.40. The molecule has 98 valence electrons. The Morgan fingerprint density at radius 1 is 0.632 bits per heavy atom. The molecule has 0 aromatic rings. The molecule has 0 nitrogen and oxygen atoms in total. The second-order valence-electron chi connectivity index (χ2n) is 6.97. The van der Waals surface area contributed by atoms with Crippen molar-refractivity contribution in [3.63, 3.8) is 0 Å². The fourth-order valence-electron chi connectivity index (χ4n) is 5.65. The van der Waals surface area contributed by atoms with Crippen molar-refractivity contribution in [2.45, 2.75) is 59.3 Å². The van der Waals surface area contributed by atoms with Gasteiger partial charge in [-0.15, -0.1) is 17.8 Å². The van der Waals surface area contributed by atoms with Crippen LogP contribution in [0.5, 0.6) is 0 Å². The first-order valence-corrected chi connectivity index (χ1v) is 7.41. The van der Waals surface area contributed by atoms with Gasteiger partial charge in [-0.3, -0.25) is 0 Å². The van der Waals surface area contributed by atoms with E-state index in [1.807, 2.05) is 20.8 Å². The van der Waals surface area contributed by atoms with Crippen LogP contribution in [0, 0.1) is 57.7 Å². The van der Waals surface area contributed by atoms with E-state index in [9.17, 15) is 0 Å². The predicted molar refractivity (Wildman–Crippen MR) is 78.8 cm³/mol. The van der Waals surface area contributed by atoms with Crippen LogP contribution in [0.2, 0.25) is 0 Å². The molecule has 0 heteroatoms. The third-order valence-corrected chi connectivity index (χ3v) is 5.24. The summed E-state index contributed by atoms with van der Waals surface area (Å²) < 4.78 is 0. The van der Waals surface area contributed by atoms with Crippen molar-refractivity contribution >= 4 is 0 Å². The lowest BCUT2D eigenvalue weighted by Gasteiger charge is -2.62. The lowest BCUT2D eigenvalue weighted by Crippen LogP contribution is -2.55. The molecule has 0 unspecified atom stereocenters. The van der Waals surface area contributed by atoms with Gasteiger partial charge in [0.15, 0.2) is 0 Å². The maximum absolute atomic E-state index is 3.57. The first-order valence-electron chi connectivity index (χ1n) is 7.41. The molecule has 0 saturated heterocycles. The molecule has 0 aliphatic heterocycles. The van der Waals surface area contributed by atoms with E-state index < -0.39 is 0 Å². The van der Waals surface area contributed by atoms with Crippen LogP contribution in [0.1, 0.15) is 59.3 Å². The standard InChI is InChI=1S/C19H22/c1-4-7-17-10-16-11-18(13-17,8-5-2)15-19(12-16,14-17)9-6-3/h16H,10-15H2,1-3H3. The van der Waals surface area contributed by atoms with Crippen molar-refractivity contribution in [3.8, 4) is 35.5 Å². The molecule has 4 rings (SSSR count). The summed E-state index contributed by atoms with van der Waals surface area (Å²) in [6, 6.07) is 0. The Balaban J connectivity index is 2.10. The number of hydrogen-bond donors (Lipinski definition) is 0. The van der Waals surface area contributed by atoms with E-state index in [1.54, 1.807) is 0 Å². The van der Waals surface area contributed by atoms with Crippen LogP contribution in [0.3, 0.4) is 0 Å². The molecule has 0 N–H and O–H groups in total. The summed E-state index contributed by atoms with van der Waals surface area (Å²) in [7, 11) is 0. The third-order valence-electron chi connectivity index (χ3n) is 5.24. The maximum Gasteiger partial charge on any atom is 0.0346 e. The van der Waals surface area contributed by atoms with Gasteiger partial charge >= 0.3 is 0 Å². The van der Waals surface area contributed by atoms with Gasteiger partial charge in [-0.25, -0.2) is 0 Å².